The van der Waals surface area contributed by atoms with Gasteiger partial charge in [-0.15, -0.1) is 0 Å². The van der Waals surface area contributed by atoms with Gasteiger partial charge < -0.3 is 18.8 Å². The number of nitrogens with zero attached hydrogens (tertiary/aromatic N) is 1. The lowest BCUT2D eigenvalue weighted by atomic mass is 10.1. The number of nitrogens with one attached hydrogen (secondary N) is 1. The monoisotopic (exact) mass is 318 g/mol. The molecular weight excluding hydrogens is 300 g/mol. The zero-order chi connectivity index (χ0) is 15.7. The minimum atomic E-state index is -1.18. The molecule has 3 rings (SSSR count). The number of esters is 1. The zero-order valence-electron chi connectivity index (χ0n) is 12.4. The molecule has 22 heavy (non-hydrogen) atoms. The van der Waals surface area contributed by atoms with E-state index in [1.165, 1.54) is 7.11 Å². The lowest BCUT2D eigenvalue weighted by Gasteiger charge is -2.10. The van der Waals surface area contributed by atoms with Crippen LogP contribution in [0.1, 0.15) is 18.0 Å². The number of rotatable bonds is 5. The number of aromatic nitrogens is 2. The Hall–Kier alpha value is -1.92. The Bertz CT molecular complexity index is 691. The SMILES string of the molecule is C=CC[S+]([O-])c1cc2n(c1-c1ccc[nH]1)CCC2C(=O)OC. The summed E-state index contributed by atoms with van der Waals surface area (Å²) in [6.07, 6.45) is 4.20. The summed E-state index contributed by atoms with van der Waals surface area (Å²) in [6.45, 7) is 4.37. The molecule has 0 aromatic carbocycles. The largest absolute Gasteiger partial charge is 0.611 e. The maximum Gasteiger partial charge on any atom is 0.314 e. The van der Waals surface area contributed by atoms with Crippen molar-refractivity contribution in [2.45, 2.75) is 23.8 Å². The van der Waals surface area contributed by atoms with E-state index in [2.05, 4.69) is 16.1 Å². The molecule has 116 valence electrons. The van der Waals surface area contributed by atoms with Crippen LogP contribution in [-0.4, -0.2) is 32.9 Å². The van der Waals surface area contributed by atoms with Gasteiger partial charge in [0.15, 0.2) is 4.90 Å². The summed E-state index contributed by atoms with van der Waals surface area (Å²) in [5.41, 5.74) is 2.68. The maximum absolute atomic E-state index is 12.5. The first-order chi connectivity index (χ1) is 10.7. The molecule has 3 heterocycles. The van der Waals surface area contributed by atoms with Gasteiger partial charge >= 0.3 is 5.97 Å². The number of H-pyrrole nitrogens is 1. The average Bonchev–Trinajstić information content (AvgIpc) is 3.21. The van der Waals surface area contributed by atoms with Crippen molar-refractivity contribution in [3.05, 3.63) is 42.7 Å². The fourth-order valence-corrected chi connectivity index (χ4v) is 4.07. The number of hydrogen-bond donors (Lipinski definition) is 1. The molecule has 2 aromatic heterocycles. The van der Waals surface area contributed by atoms with Crippen LogP contribution in [0.5, 0.6) is 0 Å². The minimum Gasteiger partial charge on any atom is -0.611 e. The first kappa shape index (κ1) is 15.0. The Labute approximate surface area is 132 Å². The number of hydrogen-bond acceptors (Lipinski definition) is 3. The molecule has 0 fully saturated rings. The quantitative estimate of drug-likeness (QED) is 0.523. The Morgan fingerprint density at radius 2 is 2.50 bits per heavy atom. The number of methoxy groups -OCH3 is 1. The Morgan fingerprint density at radius 3 is 3.14 bits per heavy atom. The number of ether oxygens (including phenoxy) is 1. The van der Waals surface area contributed by atoms with Crippen LogP contribution in [0.2, 0.25) is 0 Å². The van der Waals surface area contributed by atoms with Crippen molar-refractivity contribution in [2.24, 2.45) is 0 Å². The molecule has 2 unspecified atom stereocenters. The third-order valence-corrected chi connectivity index (χ3v) is 5.29. The molecule has 2 atom stereocenters. The molecule has 1 aliphatic rings. The number of fused-ring (bicyclic) bond motifs is 1. The fraction of sp³-hybridized carbons (Fsp3) is 0.312. The van der Waals surface area contributed by atoms with Crippen molar-refractivity contribution < 1.29 is 14.1 Å². The normalized spacial score (nSPS) is 18.0. The summed E-state index contributed by atoms with van der Waals surface area (Å²) in [4.78, 5) is 15.9. The summed E-state index contributed by atoms with van der Waals surface area (Å²) in [5.74, 6) is -0.136. The number of carbonyl (C=O) groups is 1. The molecule has 6 heteroatoms. The van der Waals surface area contributed by atoms with Gasteiger partial charge in [-0.05, 0) is 35.8 Å². The summed E-state index contributed by atoms with van der Waals surface area (Å²) >= 11 is -1.18. The maximum atomic E-state index is 12.5. The molecule has 0 amide bonds. The van der Waals surface area contributed by atoms with Crippen LogP contribution >= 0.6 is 0 Å². The first-order valence-electron chi connectivity index (χ1n) is 7.11. The molecular formula is C16H18N2O3S. The number of aromatic amines is 1. The van der Waals surface area contributed by atoms with Crippen molar-refractivity contribution >= 4 is 17.1 Å². The molecule has 0 aliphatic carbocycles. The van der Waals surface area contributed by atoms with E-state index in [0.717, 1.165) is 28.5 Å². The van der Waals surface area contributed by atoms with E-state index in [0.29, 0.717) is 12.2 Å². The van der Waals surface area contributed by atoms with Gasteiger partial charge in [0.2, 0.25) is 0 Å². The molecule has 0 spiro atoms. The van der Waals surface area contributed by atoms with E-state index < -0.39 is 11.2 Å². The van der Waals surface area contributed by atoms with Crippen LogP contribution in [0, 0.1) is 0 Å². The Balaban J connectivity index is 2.11. The van der Waals surface area contributed by atoms with Gasteiger partial charge in [-0.3, -0.25) is 4.79 Å². The van der Waals surface area contributed by atoms with Gasteiger partial charge in [-0.2, -0.15) is 0 Å². The molecule has 0 saturated carbocycles. The zero-order valence-corrected chi connectivity index (χ0v) is 13.2. The van der Waals surface area contributed by atoms with Crippen LogP contribution in [0.4, 0.5) is 0 Å². The van der Waals surface area contributed by atoms with Crippen molar-refractivity contribution in [2.75, 3.05) is 12.9 Å². The third-order valence-electron chi connectivity index (χ3n) is 3.95. The van der Waals surface area contributed by atoms with Crippen molar-refractivity contribution in [3.8, 4) is 11.4 Å². The van der Waals surface area contributed by atoms with E-state index in [4.69, 9.17) is 4.74 Å². The second-order valence-corrected chi connectivity index (χ2v) is 6.65. The molecule has 0 radical (unpaired) electrons. The van der Waals surface area contributed by atoms with E-state index >= 15 is 0 Å². The van der Waals surface area contributed by atoms with E-state index in [1.54, 1.807) is 6.08 Å². The van der Waals surface area contributed by atoms with Crippen molar-refractivity contribution in [3.63, 3.8) is 0 Å². The molecule has 0 saturated heterocycles. The molecule has 0 bridgehead atoms. The topological polar surface area (TPSA) is 70.1 Å². The van der Waals surface area contributed by atoms with Crippen LogP contribution in [0.25, 0.3) is 11.4 Å². The van der Waals surface area contributed by atoms with Crippen LogP contribution in [-0.2, 0) is 27.3 Å². The third kappa shape index (κ3) is 2.38. The highest BCUT2D eigenvalue weighted by Crippen LogP contribution is 2.39. The molecule has 2 aromatic rings. The second kappa shape index (κ2) is 6.06. The average molecular weight is 318 g/mol. The standard InChI is InChI=1S/C16H18N2O3S/c1-3-9-22(20)14-10-13-11(16(19)21-2)6-8-18(13)15(14)12-5-4-7-17-12/h3-5,7,10-11,17H,1,6,8-9H2,2H3. The molecule has 1 aliphatic heterocycles. The molecule has 1 N–H and O–H groups in total. The summed E-state index contributed by atoms with van der Waals surface area (Å²) in [6, 6.07) is 5.73. The predicted molar refractivity (Wildman–Crippen MR) is 85.1 cm³/mol. The predicted octanol–water partition coefficient (Wildman–Crippen LogP) is 2.44. The Morgan fingerprint density at radius 1 is 1.68 bits per heavy atom. The van der Waals surface area contributed by atoms with Gasteiger partial charge in [-0.25, -0.2) is 0 Å². The smallest absolute Gasteiger partial charge is 0.314 e. The van der Waals surface area contributed by atoms with Crippen LogP contribution < -0.4 is 0 Å². The van der Waals surface area contributed by atoms with Gasteiger partial charge in [0, 0.05) is 24.5 Å². The second-order valence-electron chi connectivity index (χ2n) is 5.18. The highest BCUT2D eigenvalue weighted by atomic mass is 32.2. The highest BCUT2D eigenvalue weighted by molar-refractivity contribution is 7.91. The van der Waals surface area contributed by atoms with Gasteiger partial charge in [0.05, 0.1) is 18.7 Å². The van der Waals surface area contributed by atoms with Gasteiger partial charge in [-0.1, -0.05) is 6.58 Å². The van der Waals surface area contributed by atoms with E-state index in [1.807, 2.05) is 24.4 Å². The first-order valence-corrected chi connectivity index (χ1v) is 8.43. The highest BCUT2D eigenvalue weighted by Gasteiger charge is 2.36. The van der Waals surface area contributed by atoms with E-state index in [-0.39, 0.29) is 11.9 Å². The minimum absolute atomic E-state index is 0.240. The van der Waals surface area contributed by atoms with Crippen LogP contribution in [0.3, 0.4) is 0 Å². The number of carbonyl (C=O) groups excluding carboxylic acids is 1. The summed E-state index contributed by atoms with van der Waals surface area (Å²) in [7, 11) is 1.40. The van der Waals surface area contributed by atoms with Gasteiger partial charge in [0.25, 0.3) is 0 Å². The van der Waals surface area contributed by atoms with Gasteiger partial charge in [0.1, 0.15) is 11.4 Å². The van der Waals surface area contributed by atoms with Crippen molar-refractivity contribution in [1.82, 2.24) is 9.55 Å². The van der Waals surface area contributed by atoms with Crippen molar-refractivity contribution in [1.29, 1.82) is 0 Å². The molecule has 5 nitrogen and oxygen atoms in total. The summed E-state index contributed by atoms with van der Waals surface area (Å²) < 4.78 is 19.5. The van der Waals surface area contributed by atoms with Crippen LogP contribution in [0.15, 0.2) is 41.9 Å². The lowest BCUT2D eigenvalue weighted by molar-refractivity contribution is -0.142. The Kier molecular flexibility index (Phi) is 4.13. The fourth-order valence-electron chi connectivity index (χ4n) is 2.99. The van der Waals surface area contributed by atoms with E-state index in [9.17, 15) is 9.35 Å². The summed E-state index contributed by atoms with van der Waals surface area (Å²) in [5, 5.41) is 0. The lowest BCUT2D eigenvalue weighted by Crippen LogP contribution is -2.11.